The molecule has 4 rings (SSSR count). The average molecular weight is 337 g/mol. The Hall–Kier alpha value is -2.63. The van der Waals surface area contributed by atoms with E-state index >= 15 is 0 Å². The van der Waals surface area contributed by atoms with Crippen molar-refractivity contribution in [2.45, 2.75) is 12.8 Å². The molecule has 2 aliphatic rings. The number of hydrogen-bond donors (Lipinski definition) is 0. The number of anilines is 2. The molecular weight excluding hydrogens is 314 g/mol. The van der Waals surface area contributed by atoms with Crippen molar-refractivity contribution >= 4 is 17.4 Å². The first-order chi connectivity index (χ1) is 12.3. The van der Waals surface area contributed by atoms with E-state index in [2.05, 4.69) is 19.8 Å². The van der Waals surface area contributed by atoms with Gasteiger partial charge in [0.25, 0.3) is 5.91 Å². The van der Waals surface area contributed by atoms with Crippen molar-refractivity contribution in [1.82, 2.24) is 14.9 Å². The zero-order chi connectivity index (χ0) is 17.1. The molecule has 0 unspecified atom stereocenters. The van der Waals surface area contributed by atoms with Crippen LogP contribution in [-0.4, -0.2) is 60.0 Å². The molecule has 2 fully saturated rings. The molecule has 0 bridgehead atoms. The van der Waals surface area contributed by atoms with Crippen LogP contribution < -0.4 is 9.80 Å². The van der Waals surface area contributed by atoms with Gasteiger partial charge in [-0.05, 0) is 37.1 Å². The lowest BCUT2D eigenvalue weighted by Crippen LogP contribution is -2.49. The standard InChI is InChI=1S/C19H23N5O/c25-19(17-15-16(6-8-20-17)22-9-3-4-10-22)24-13-11-23(12-14-24)18-5-1-2-7-21-18/h1-2,5-8,15H,3-4,9-14H2. The van der Waals surface area contributed by atoms with E-state index in [1.54, 1.807) is 12.4 Å². The maximum Gasteiger partial charge on any atom is 0.272 e. The zero-order valence-corrected chi connectivity index (χ0v) is 14.3. The fraction of sp³-hybridized carbons (Fsp3) is 0.421. The highest BCUT2D eigenvalue weighted by molar-refractivity contribution is 5.93. The van der Waals surface area contributed by atoms with Crippen molar-refractivity contribution in [2.24, 2.45) is 0 Å². The van der Waals surface area contributed by atoms with Crippen LogP contribution in [0.3, 0.4) is 0 Å². The molecule has 25 heavy (non-hydrogen) atoms. The number of pyridine rings is 2. The van der Waals surface area contributed by atoms with Gasteiger partial charge in [0.1, 0.15) is 11.5 Å². The zero-order valence-electron chi connectivity index (χ0n) is 14.3. The Morgan fingerprint density at radius 1 is 0.840 bits per heavy atom. The predicted octanol–water partition coefficient (Wildman–Crippen LogP) is 2.04. The molecule has 130 valence electrons. The number of amides is 1. The van der Waals surface area contributed by atoms with Gasteiger partial charge in [0.05, 0.1) is 0 Å². The Balaban J connectivity index is 1.41. The summed E-state index contributed by atoms with van der Waals surface area (Å²) in [6.45, 7) is 5.14. The molecule has 4 heterocycles. The summed E-state index contributed by atoms with van der Waals surface area (Å²) >= 11 is 0. The van der Waals surface area contributed by atoms with E-state index in [1.807, 2.05) is 35.2 Å². The van der Waals surface area contributed by atoms with E-state index < -0.39 is 0 Å². The van der Waals surface area contributed by atoms with Crippen LogP contribution in [0.4, 0.5) is 11.5 Å². The second-order valence-corrected chi connectivity index (χ2v) is 6.56. The third-order valence-corrected chi connectivity index (χ3v) is 4.97. The number of aromatic nitrogens is 2. The third-order valence-electron chi connectivity index (χ3n) is 4.97. The first-order valence-electron chi connectivity index (χ1n) is 8.97. The number of hydrogen-bond acceptors (Lipinski definition) is 5. The van der Waals surface area contributed by atoms with E-state index in [1.165, 1.54) is 12.8 Å². The fourth-order valence-corrected chi connectivity index (χ4v) is 3.55. The molecule has 0 atom stereocenters. The number of rotatable bonds is 3. The lowest BCUT2D eigenvalue weighted by Gasteiger charge is -2.35. The minimum absolute atomic E-state index is 0.0294. The van der Waals surface area contributed by atoms with Crippen LogP contribution in [-0.2, 0) is 0 Å². The van der Waals surface area contributed by atoms with Gasteiger partial charge in [-0.3, -0.25) is 9.78 Å². The van der Waals surface area contributed by atoms with Crippen LogP contribution in [0.15, 0.2) is 42.7 Å². The quantitative estimate of drug-likeness (QED) is 0.858. The lowest BCUT2D eigenvalue weighted by molar-refractivity contribution is 0.0740. The highest BCUT2D eigenvalue weighted by Crippen LogP contribution is 2.21. The van der Waals surface area contributed by atoms with Gasteiger partial charge in [0, 0.05) is 57.3 Å². The van der Waals surface area contributed by atoms with Gasteiger partial charge in [0.2, 0.25) is 0 Å². The first-order valence-corrected chi connectivity index (χ1v) is 8.97. The van der Waals surface area contributed by atoms with Gasteiger partial charge in [-0.25, -0.2) is 4.98 Å². The van der Waals surface area contributed by atoms with Crippen LogP contribution in [0.25, 0.3) is 0 Å². The highest BCUT2D eigenvalue weighted by atomic mass is 16.2. The van der Waals surface area contributed by atoms with Crippen LogP contribution in [0.2, 0.25) is 0 Å². The second kappa shape index (κ2) is 7.09. The molecule has 2 saturated heterocycles. The fourth-order valence-electron chi connectivity index (χ4n) is 3.55. The Bertz CT molecular complexity index is 722. The Kier molecular flexibility index (Phi) is 4.50. The monoisotopic (exact) mass is 337 g/mol. The summed E-state index contributed by atoms with van der Waals surface area (Å²) in [5, 5.41) is 0. The number of carbonyl (C=O) groups is 1. The maximum atomic E-state index is 12.8. The predicted molar refractivity (Wildman–Crippen MR) is 98.0 cm³/mol. The van der Waals surface area contributed by atoms with E-state index in [4.69, 9.17) is 0 Å². The van der Waals surface area contributed by atoms with Crippen LogP contribution in [0.1, 0.15) is 23.3 Å². The van der Waals surface area contributed by atoms with Gasteiger partial charge in [0.15, 0.2) is 0 Å². The summed E-state index contributed by atoms with van der Waals surface area (Å²) in [7, 11) is 0. The minimum atomic E-state index is 0.0294. The Labute approximate surface area is 148 Å². The minimum Gasteiger partial charge on any atom is -0.371 e. The average Bonchev–Trinajstić information content (AvgIpc) is 3.23. The van der Waals surface area contributed by atoms with Crippen LogP contribution in [0.5, 0.6) is 0 Å². The number of carbonyl (C=O) groups excluding carboxylic acids is 1. The second-order valence-electron chi connectivity index (χ2n) is 6.56. The molecule has 2 aromatic heterocycles. The normalized spacial score (nSPS) is 17.8. The Morgan fingerprint density at radius 3 is 2.36 bits per heavy atom. The topological polar surface area (TPSA) is 52.6 Å². The van der Waals surface area contributed by atoms with Crippen molar-refractivity contribution in [2.75, 3.05) is 49.1 Å². The van der Waals surface area contributed by atoms with E-state index in [9.17, 15) is 4.79 Å². The molecule has 0 saturated carbocycles. The molecule has 2 aromatic rings. The summed E-state index contributed by atoms with van der Waals surface area (Å²) in [5.74, 6) is 1.01. The highest BCUT2D eigenvalue weighted by Gasteiger charge is 2.24. The van der Waals surface area contributed by atoms with Gasteiger partial charge in [-0.1, -0.05) is 6.07 Å². The molecule has 0 radical (unpaired) electrons. The largest absolute Gasteiger partial charge is 0.371 e. The van der Waals surface area contributed by atoms with Gasteiger partial charge in [-0.2, -0.15) is 0 Å². The summed E-state index contributed by atoms with van der Waals surface area (Å²) in [5.41, 5.74) is 1.67. The van der Waals surface area contributed by atoms with E-state index in [0.29, 0.717) is 18.8 Å². The van der Waals surface area contributed by atoms with Gasteiger partial charge in [-0.15, -0.1) is 0 Å². The van der Waals surface area contributed by atoms with E-state index in [0.717, 1.165) is 37.7 Å². The van der Waals surface area contributed by atoms with Crippen molar-refractivity contribution < 1.29 is 4.79 Å². The smallest absolute Gasteiger partial charge is 0.272 e. The number of nitrogens with zero attached hydrogens (tertiary/aromatic N) is 5. The molecular formula is C19H23N5O. The lowest BCUT2D eigenvalue weighted by atomic mass is 10.2. The maximum absolute atomic E-state index is 12.8. The van der Waals surface area contributed by atoms with E-state index in [-0.39, 0.29) is 5.91 Å². The molecule has 0 aromatic carbocycles. The molecule has 6 heteroatoms. The van der Waals surface area contributed by atoms with Crippen LogP contribution in [0, 0.1) is 0 Å². The Morgan fingerprint density at radius 2 is 1.64 bits per heavy atom. The molecule has 2 aliphatic heterocycles. The molecule has 0 N–H and O–H groups in total. The van der Waals surface area contributed by atoms with Crippen molar-refractivity contribution in [1.29, 1.82) is 0 Å². The van der Waals surface area contributed by atoms with Crippen molar-refractivity contribution in [3.05, 3.63) is 48.4 Å². The molecule has 0 spiro atoms. The third kappa shape index (κ3) is 3.43. The molecule has 1 amide bonds. The molecule has 6 nitrogen and oxygen atoms in total. The number of piperazine rings is 1. The van der Waals surface area contributed by atoms with Crippen molar-refractivity contribution in [3.63, 3.8) is 0 Å². The summed E-state index contributed by atoms with van der Waals surface area (Å²) in [4.78, 5) is 28.0. The van der Waals surface area contributed by atoms with Crippen molar-refractivity contribution in [3.8, 4) is 0 Å². The van der Waals surface area contributed by atoms with Crippen LogP contribution >= 0.6 is 0 Å². The van der Waals surface area contributed by atoms with Gasteiger partial charge < -0.3 is 14.7 Å². The molecule has 0 aliphatic carbocycles. The first kappa shape index (κ1) is 15.9. The summed E-state index contributed by atoms with van der Waals surface area (Å²) in [6.07, 6.45) is 6.01. The van der Waals surface area contributed by atoms with Gasteiger partial charge >= 0.3 is 0 Å². The summed E-state index contributed by atoms with van der Waals surface area (Å²) in [6, 6.07) is 9.87. The summed E-state index contributed by atoms with van der Waals surface area (Å²) < 4.78 is 0. The SMILES string of the molecule is O=C(c1cc(N2CCCC2)ccn1)N1CCN(c2ccccn2)CC1.